The first kappa shape index (κ1) is 22.4. The van der Waals surface area contributed by atoms with E-state index in [0.717, 1.165) is 27.8 Å². The quantitative estimate of drug-likeness (QED) is 0.181. The van der Waals surface area contributed by atoms with Crippen LogP contribution in [-0.4, -0.2) is 17.1 Å². The summed E-state index contributed by atoms with van der Waals surface area (Å²) in [6.07, 6.45) is 12.6. The molecule has 0 spiro atoms. The summed E-state index contributed by atoms with van der Waals surface area (Å²) in [5.41, 5.74) is 1.74. The highest BCUT2D eigenvalue weighted by molar-refractivity contribution is 7.99. The van der Waals surface area contributed by atoms with Crippen molar-refractivity contribution in [2.75, 3.05) is 5.75 Å². The molecule has 3 aromatic rings. The minimum atomic E-state index is 0.265. The van der Waals surface area contributed by atoms with Gasteiger partial charge in [0.15, 0.2) is 0 Å². The van der Waals surface area contributed by atoms with E-state index in [1.807, 2.05) is 42.1 Å². The number of phenols is 1. The van der Waals surface area contributed by atoms with Gasteiger partial charge in [-0.3, -0.25) is 4.99 Å². The second-order valence-corrected chi connectivity index (χ2v) is 8.91. The summed E-state index contributed by atoms with van der Waals surface area (Å²) in [6.45, 7) is 2.27. The number of benzene rings is 3. The summed E-state index contributed by atoms with van der Waals surface area (Å²) >= 11 is 1.89. The number of unbranched alkanes of at least 4 members (excludes halogenated alkanes) is 7. The molecular weight excluding hydrogens is 386 g/mol. The molecule has 0 amide bonds. The zero-order valence-electron chi connectivity index (χ0n) is 18.0. The zero-order valence-corrected chi connectivity index (χ0v) is 18.8. The van der Waals surface area contributed by atoms with Crippen LogP contribution in [0.1, 0.15) is 63.9 Å². The highest BCUT2D eigenvalue weighted by Crippen LogP contribution is 2.31. The average Bonchev–Trinajstić information content (AvgIpc) is 2.78. The molecule has 0 fully saturated rings. The number of hydrogen-bond acceptors (Lipinski definition) is 3. The van der Waals surface area contributed by atoms with Gasteiger partial charge in [-0.2, -0.15) is 0 Å². The van der Waals surface area contributed by atoms with Crippen molar-refractivity contribution in [2.45, 2.75) is 63.2 Å². The van der Waals surface area contributed by atoms with Crippen LogP contribution in [0.25, 0.3) is 10.8 Å². The topological polar surface area (TPSA) is 32.6 Å². The Balaban J connectivity index is 1.57. The first-order valence-corrected chi connectivity index (χ1v) is 12.2. The third-order valence-corrected chi connectivity index (χ3v) is 6.55. The number of thioether (sulfide) groups is 1. The van der Waals surface area contributed by atoms with E-state index >= 15 is 0 Å². The summed E-state index contributed by atoms with van der Waals surface area (Å²) in [7, 11) is 0. The van der Waals surface area contributed by atoms with Crippen molar-refractivity contribution in [1.29, 1.82) is 0 Å². The third-order valence-electron chi connectivity index (χ3n) is 5.40. The van der Waals surface area contributed by atoms with E-state index in [9.17, 15) is 5.11 Å². The second-order valence-electron chi connectivity index (χ2n) is 7.77. The van der Waals surface area contributed by atoms with Gasteiger partial charge in [-0.25, -0.2) is 0 Å². The molecule has 0 saturated carbocycles. The predicted octanol–water partition coefficient (Wildman–Crippen LogP) is 8.53. The SMILES string of the molecule is CCCCCCCCCCSc1ccccc1N=Cc1c(O)ccc2ccccc12. The van der Waals surface area contributed by atoms with Gasteiger partial charge in [-0.05, 0) is 41.1 Å². The van der Waals surface area contributed by atoms with Crippen LogP contribution in [0.2, 0.25) is 0 Å². The van der Waals surface area contributed by atoms with Crippen molar-refractivity contribution in [3.63, 3.8) is 0 Å². The van der Waals surface area contributed by atoms with Crippen molar-refractivity contribution >= 4 is 34.4 Å². The first-order chi connectivity index (χ1) is 14.8. The van der Waals surface area contributed by atoms with Gasteiger partial charge >= 0.3 is 0 Å². The number of para-hydroxylation sites is 1. The molecular formula is C27H33NOS. The van der Waals surface area contributed by atoms with Gasteiger partial charge in [0.1, 0.15) is 5.75 Å². The average molecular weight is 420 g/mol. The lowest BCUT2D eigenvalue weighted by Gasteiger charge is -2.07. The summed E-state index contributed by atoms with van der Waals surface area (Å²) in [5, 5.41) is 12.5. The van der Waals surface area contributed by atoms with E-state index in [4.69, 9.17) is 4.99 Å². The molecule has 0 bridgehead atoms. The molecule has 0 heterocycles. The summed E-state index contributed by atoms with van der Waals surface area (Å²) < 4.78 is 0. The number of aromatic hydroxyl groups is 1. The van der Waals surface area contributed by atoms with E-state index in [1.54, 1.807) is 12.3 Å². The van der Waals surface area contributed by atoms with E-state index in [-0.39, 0.29) is 5.75 Å². The lowest BCUT2D eigenvalue weighted by Crippen LogP contribution is -1.87. The van der Waals surface area contributed by atoms with Crippen LogP contribution >= 0.6 is 11.8 Å². The maximum absolute atomic E-state index is 10.4. The molecule has 0 atom stereocenters. The van der Waals surface area contributed by atoms with Gasteiger partial charge < -0.3 is 5.11 Å². The largest absolute Gasteiger partial charge is 0.507 e. The van der Waals surface area contributed by atoms with Crippen molar-refractivity contribution in [1.82, 2.24) is 0 Å². The Bertz CT molecular complexity index is 951. The van der Waals surface area contributed by atoms with E-state index in [1.165, 1.54) is 56.3 Å². The number of hydrogen-bond donors (Lipinski definition) is 1. The molecule has 3 rings (SSSR count). The fourth-order valence-electron chi connectivity index (χ4n) is 3.66. The minimum Gasteiger partial charge on any atom is -0.507 e. The van der Waals surface area contributed by atoms with Crippen LogP contribution in [-0.2, 0) is 0 Å². The molecule has 1 N–H and O–H groups in total. The Hall–Kier alpha value is -2.26. The van der Waals surface area contributed by atoms with Crippen molar-refractivity contribution < 1.29 is 5.11 Å². The molecule has 3 aromatic carbocycles. The molecule has 0 aliphatic heterocycles. The van der Waals surface area contributed by atoms with Crippen LogP contribution in [0, 0.1) is 0 Å². The summed E-state index contributed by atoms with van der Waals surface area (Å²) in [5.74, 6) is 1.39. The first-order valence-electron chi connectivity index (χ1n) is 11.3. The van der Waals surface area contributed by atoms with E-state index in [2.05, 4.69) is 31.2 Å². The van der Waals surface area contributed by atoms with E-state index in [0.29, 0.717) is 0 Å². The van der Waals surface area contributed by atoms with Gasteiger partial charge in [0.05, 0.1) is 5.69 Å². The van der Waals surface area contributed by atoms with Crippen LogP contribution in [0.5, 0.6) is 5.75 Å². The third kappa shape index (κ3) is 6.63. The highest BCUT2D eigenvalue weighted by atomic mass is 32.2. The lowest BCUT2D eigenvalue weighted by atomic mass is 10.0. The van der Waals surface area contributed by atoms with Gasteiger partial charge in [-0.15, -0.1) is 11.8 Å². The zero-order chi connectivity index (χ0) is 21.0. The standard InChI is InChI=1S/C27H33NOS/c1-2-3-4-5-6-7-8-13-20-30-27-17-12-11-16-25(27)28-21-24-23-15-10-9-14-22(23)18-19-26(24)29/h9-12,14-19,21,29H,2-8,13,20H2,1H3. The van der Waals surface area contributed by atoms with Gasteiger partial charge in [0.2, 0.25) is 0 Å². The number of fused-ring (bicyclic) bond motifs is 1. The van der Waals surface area contributed by atoms with Crippen molar-refractivity contribution in [3.05, 3.63) is 66.2 Å². The van der Waals surface area contributed by atoms with Crippen LogP contribution in [0.3, 0.4) is 0 Å². The maximum Gasteiger partial charge on any atom is 0.124 e. The monoisotopic (exact) mass is 419 g/mol. The molecule has 2 nitrogen and oxygen atoms in total. The molecule has 0 radical (unpaired) electrons. The van der Waals surface area contributed by atoms with Crippen molar-refractivity contribution in [3.8, 4) is 5.75 Å². The Morgan fingerprint density at radius 1 is 0.800 bits per heavy atom. The molecule has 3 heteroatoms. The Morgan fingerprint density at radius 2 is 1.50 bits per heavy atom. The van der Waals surface area contributed by atoms with Crippen molar-refractivity contribution in [2.24, 2.45) is 4.99 Å². The molecule has 0 saturated heterocycles. The maximum atomic E-state index is 10.4. The fourth-order valence-corrected chi connectivity index (χ4v) is 4.67. The summed E-state index contributed by atoms with van der Waals surface area (Å²) in [6, 6.07) is 20.1. The lowest BCUT2D eigenvalue weighted by molar-refractivity contribution is 0.475. The molecule has 0 aromatic heterocycles. The van der Waals surface area contributed by atoms with Gasteiger partial charge in [0, 0.05) is 16.7 Å². The van der Waals surface area contributed by atoms with Crippen LogP contribution in [0.15, 0.2) is 70.6 Å². The highest BCUT2D eigenvalue weighted by Gasteiger charge is 2.06. The number of rotatable bonds is 12. The Kier molecular flexibility index (Phi) is 9.30. The number of aliphatic imine (C=N–C) groups is 1. The molecule has 0 aliphatic rings. The smallest absolute Gasteiger partial charge is 0.124 e. The fraction of sp³-hybridized carbons (Fsp3) is 0.370. The predicted molar refractivity (Wildman–Crippen MR) is 133 cm³/mol. The second kappa shape index (κ2) is 12.4. The normalized spacial score (nSPS) is 11.5. The van der Waals surface area contributed by atoms with Gasteiger partial charge in [-0.1, -0.05) is 94.3 Å². The van der Waals surface area contributed by atoms with Crippen LogP contribution < -0.4 is 0 Å². The molecule has 30 heavy (non-hydrogen) atoms. The Labute approximate surface area is 185 Å². The van der Waals surface area contributed by atoms with Crippen LogP contribution in [0.4, 0.5) is 5.69 Å². The summed E-state index contributed by atoms with van der Waals surface area (Å²) in [4.78, 5) is 5.94. The van der Waals surface area contributed by atoms with Gasteiger partial charge in [0.25, 0.3) is 0 Å². The number of phenolic OH excluding ortho intramolecular Hbond substituents is 1. The number of nitrogens with zero attached hydrogens (tertiary/aromatic N) is 1. The molecule has 158 valence electrons. The van der Waals surface area contributed by atoms with E-state index < -0.39 is 0 Å². The molecule has 0 unspecified atom stereocenters. The molecule has 0 aliphatic carbocycles. The minimum absolute atomic E-state index is 0.265. The Morgan fingerprint density at radius 3 is 2.33 bits per heavy atom.